The van der Waals surface area contributed by atoms with Gasteiger partial charge in [0.25, 0.3) is 0 Å². The molecule has 0 unspecified atom stereocenters. The van der Waals surface area contributed by atoms with Crippen LogP contribution in [0.15, 0.2) is 217 Å². The van der Waals surface area contributed by atoms with E-state index in [1.54, 1.807) is 0 Å². The zero-order chi connectivity index (χ0) is 38.9. The third kappa shape index (κ3) is 5.40. The van der Waals surface area contributed by atoms with Crippen molar-refractivity contribution in [2.75, 3.05) is 4.90 Å². The third-order valence-electron chi connectivity index (χ3n) is 11.8. The third-order valence-corrected chi connectivity index (χ3v) is 13.0. The van der Waals surface area contributed by atoms with Crippen molar-refractivity contribution < 1.29 is 4.42 Å². The van der Waals surface area contributed by atoms with E-state index in [1.165, 1.54) is 64.0 Å². The van der Waals surface area contributed by atoms with Gasteiger partial charge in [0, 0.05) is 47.6 Å². The summed E-state index contributed by atoms with van der Waals surface area (Å²) in [5, 5.41) is 9.64. The molecule has 12 aromatic rings. The number of hydrogen-bond donors (Lipinski definition) is 0. The molecule has 10 aromatic carbocycles. The highest BCUT2D eigenvalue weighted by atomic mass is 32.1. The first-order valence-corrected chi connectivity index (χ1v) is 20.9. The molecule has 0 saturated heterocycles. The lowest BCUT2D eigenvalue weighted by Crippen LogP contribution is -2.13. The van der Waals surface area contributed by atoms with Crippen molar-refractivity contribution in [1.29, 1.82) is 0 Å². The minimum absolute atomic E-state index is 0.891. The smallest absolute Gasteiger partial charge is 0.136 e. The molecule has 0 amide bonds. The van der Waals surface area contributed by atoms with Crippen molar-refractivity contribution in [3.05, 3.63) is 212 Å². The van der Waals surface area contributed by atoms with Crippen molar-refractivity contribution in [1.82, 2.24) is 0 Å². The van der Waals surface area contributed by atoms with Crippen LogP contribution in [0.25, 0.3) is 97.0 Å². The molecule has 3 heteroatoms. The highest BCUT2D eigenvalue weighted by molar-refractivity contribution is 7.26. The van der Waals surface area contributed by atoms with E-state index < -0.39 is 0 Å². The molecule has 0 saturated carbocycles. The zero-order valence-corrected chi connectivity index (χ0v) is 32.8. The van der Waals surface area contributed by atoms with Crippen LogP contribution in [0.5, 0.6) is 0 Å². The highest BCUT2D eigenvalue weighted by Crippen LogP contribution is 2.53. The first-order valence-electron chi connectivity index (χ1n) is 20.1. The Labute approximate surface area is 345 Å². The molecular formula is C56H35NOS. The van der Waals surface area contributed by atoms with Gasteiger partial charge in [0.15, 0.2) is 0 Å². The topological polar surface area (TPSA) is 16.4 Å². The number of benzene rings is 10. The van der Waals surface area contributed by atoms with Gasteiger partial charge in [-0.05, 0) is 86.4 Å². The Kier molecular flexibility index (Phi) is 7.75. The van der Waals surface area contributed by atoms with Crippen LogP contribution in [0.3, 0.4) is 0 Å². The molecular weight excluding hydrogens is 735 g/mol. The molecule has 0 radical (unpaired) electrons. The summed E-state index contributed by atoms with van der Waals surface area (Å²) in [5.74, 6) is 0. The standard InChI is InChI=1S/C56H35NOS/c1-2-15-36(16-3-1)37-31-33-38(34-32-37)53-44-21-6-4-19-42(44)43-20-5-7-22-45(43)56(53)57(48-26-14-30-52-55(48)47-24-9-11-29-51(47)59-52)40-18-12-17-39(35-40)41-25-13-28-50-54(41)46-23-8-10-27-49(46)58-50/h1-35H. The van der Waals surface area contributed by atoms with Gasteiger partial charge in [0.05, 0.1) is 11.4 Å². The summed E-state index contributed by atoms with van der Waals surface area (Å²) in [7, 11) is 0. The van der Waals surface area contributed by atoms with Gasteiger partial charge in [0.1, 0.15) is 11.2 Å². The Morgan fingerprint density at radius 2 is 0.932 bits per heavy atom. The number of thiophene rings is 1. The second-order valence-electron chi connectivity index (χ2n) is 15.2. The van der Waals surface area contributed by atoms with Crippen LogP contribution in [0.2, 0.25) is 0 Å². The molecule has 2 heterocycles. The molecule has 0 fully saturated rings. The van der Waals surface area contributed by atoms with Crippen molar-refractivity contribution in [3.8, 4) is 33.4 Å². The second-order valence-corrected chi connectivity index (χ2v) is 16.3. The molecule has 0 bridgehead atoms. The van der Waals surface area contributed by atoms with Crippen molar-refractivity contribution in [3.63, 3.8) is 0 Å². The van der Waals surface area contributed by atoms with Crippen molar-refractivity contribution >= 4 is 92.1 Å². The fraction of sp³-hybridized carbons (Fsp3) is 0. The van der Waals surface area contributed by atoms with Gasteiger partial charge in [-0.2, -0.15) is 0 Å². The lowest BCUT2D eigenvalue weighted by atomic mass is 9.89. The second kappa shape index (κ2) is 13.6. The largest absolute Gasteiger partial charge is 0.456 e. The first-order chi connectivity index (χ1) is 29.3. The van der Waals surface area contributed by atoms with E-state index in [-0.39, 0.29) is 0 Å². The number of fused-ring (bicyclic) bond motifs is 9. The van der Waals surface area contributed by atoms with E-state index in [0.717, 1.165) is 50.1 Å². The Hall–Kier alpha value is -7.46. The van der Waals surface area contributed by atoms with Crippen LogP contribution in [0.1, 0.15) is 0 Å². The summed E-state index contributed by atoms with van der Waals surface area (Å²) in [5.41, 5.74) is 12.2. The van der Waals surface area contributed by atoms with Crippen LogP contribution in [-0.4, -0.2) is 0 Å². The maximum absolute atomic E-state index is 6.39. The Bertz CT molecular complexity index is 3560. The maximum atomic E-state index is 6.39. The molecule has 0 atom stereocenters. The van der Waals surface area contributed by atoms with E-state index in [9.17, 15) is 0 Å². The van der Waals surface area contributed by atoms with Crippen LogP contribution in [-0.2, 0) is 0 Å². The van der Waals surface area contributed by atoms with Gasteiger partial charge in [-0.1, -0.05) is 170 Å². The molecule has 0 aliphatic rings. The molecule has 2 nitrogen and oxygen atoms in total. The SMILES string of the molecule is c1ccc(-c2ccc(-c3c(N(c4cccc(-c5cccc6oc7ccccc7c56)c4)c4cccc5sc6ccccc6c45)c4ccccc4c4ccccc34)cc2)cc1. The quantitative estimate of drug-likeness (QED) is 0.157. The lowest BCUT2D eigenvalue weighted by molar-refractivity contribution is 0.669. The predicted molar refractivity (Wildman–Crippen MR) is 253 cm³/mol. The lowest BCUT2D eigenvalue weighted by Gasteiger charge is -2.31. The van der Waals surface area contributed by atoms with Gasteiger partial charge in [0.2, 0.25) is 0 Å². The minimum atomic E-state index is 0.891. The van der Waals surface area contributed by atoms with E-state index in [1.807, 2.05) is 17.4 Å². The maximum Gasteiger partial charge on any atom is 0.136 e. The molecule has 59 heavy (non-hydrogen) atoms. The molecule has 0 aliphatic heterocycles. The fourth-order valence-corrected chi connectivity index (χ4v) is 10.4. The molecule has 12 rings (SSSR count). The Balaban J connectivity index is 1.20. The molecule has 0 N–H and O–H groups in total. The van der Waals surface area contributed by atoms with E-state index in [4.69, 9.17) is 4.42 Å². The monoisotopic (exact) mass is 769 g/mol. The van der Waals surface area contributed by atoms with Crippen LogP contribution >= 0.6 is 11.3 Å². The fourth-order valence-electron chi connectivity index (χ4n) is 9.27. The summed E-state index contributed by atoms with van der Waals surface area (Å²) in [6.07, 6.45) is 0. The number of rotatable bonds is 6. The molecule has 276 valence electrons. The van der Waals surface area contributed by atoms with E-state index in [2.05, 4.69) is 211 Å². The van der Waals surface area contributed by atoms with Crippen molar-refractivity contribution in [2.24, 2.45) is 0 Å². The summed E-state index contributed by atoms with van der Waals surface area (Å²) >= 11 is 1.86. The summed E-state index contributed by atoms with van der Waals surface area (Å²) in [4.78, 5) is 2.55. The van der Waals surface area contributed by atoms with Gasteiger partial charge in [-0.15, -0.1) is 11.3 Å². The Morgan fingerprint density at radius 3 is 1.76 bits per heavy atom. The van der Waals surface area contributed by atoms with Gasteiger partial charge < -0.3 is 9.32 Å². The average Bonchev–Trinajstić information content (AvgIpc) is 3.89. The number of anilines is 3. The number of furan rings is 1. The molecule has 0 aliphatic carbocycles. The first kappa shape index (κ1) is 33.7. The Morgan fingerprint density at radius 1 is 0.356 bits per heavy atom. The predicted octanol–water partition coefficient (Wildman–Crippen LogP) is 16.7. The number of nitrogens with zero attached hydrogens (tertiary/aromatic N) is 1. The minimum Gasteiger partial charge on any atom is -0.456 e. The summed E-state index contributed by atoms with van der Waals surface area (Å²) < 4.78 is 8.93. The van der Waals surface area contributed by atoms with E-state index >= 15 is 0 Å². The number of hydrogen-bond acceptors (Lipinski definition) is 3. The van der Waals surface area contributed by atoms with Gasteiger partial charge in [-0.3, -0.25) is 0 Å². The van der Waals surface area contributed by atoms with Crippen LogP contribution in [0.4, 0.5) is 17.1 Å². The normalized spacial score (nSPS) is 11.7. The molecule has 2 aromatic heterocycles. The average molecular weight is 770 g/mol. The van der Waals surface area contributed by atoms with E-state index in [0.29, 0.717) is 0 Å². The summed E-state index contributed by atoms with van der Waals surface area (Å²) in [6.45, 7) is 0. The van der Waals surface area contributed by atoms with Gasteiger partial charge >= 0.3 is 0 Å². The van der Waals surface area contributed by atoms with Crippen LogP contribution < -0.4 is 4.90 Å². The van der Waals surface area contributed by atoms with Crippen molar-refractivity contribution in [2.45, 2.75) is 0 Å². The van der Waals surface area contributed by atoms with Gasteiger partial charge in [-0.25, -0.2) is 0 Å². The zero-order valence-electron chi connectivity index (χ0n) is 32.0. The highest BCUT2D eigenvalue weighted by Gasteiger charge is 2.26. The summed E-state index contributed by atoms with van der Waals surface area (Å²) in [6, 6.07) is 77.1. The molecule has 0 spiro atoms. The number of para-hydroxylation sites is 1. The van der Waals surface area contributed by atoms with Crippen LogP contribution in [0, 0.1) is 0 Å².